The van der Waals surface area contributed by atoms with Crippen molar-refractivity contribution in [1.82, 2.24) is 10.1 Å². The molecule has 18 heavy (non-hydrogen) atoms. The highest BCUT2D eigenvalue weighted by molar-refractivity contribution is 5.15. The van der Waals surface area contributed by atoms with Crippen LogP contribution >= 0.6 is 0 Å². The van der Waals surface area contributed by atoms with Gasteiger partial charge in [-0.05, 0) is 18.4 Å². The molecule has 0 saturated carbocycles. The van der Waals surface area contributed by atoms with Crippen molar-refractivity contribution in [3.63, 3.8) is 0 Å². The predicted octanol–water partition coefficient (Wildman–Crippen LogP) is 2.65. The minimum Gasteiger partial charge on any atom is -0.338 e. The van der Waals surface area contributed by atoms with Crippen LogP contribution < -0.4 is 5.73 Å². The van der Waals surface area contributed by atoms with Crippen molar-refractivity contribution in [3.8, 4) is 0 Å². The summed E-state index contributed by atoms with van der Waals surface area (Å²) < 4.78 is 5.18. The van der Waals surface area contributed by atoms with Gasteiger partial charge in [0.1, 0.15) is 0 Å². The minimum absolute atomic E-state index is 0.132. The summed E-state index contributed by atoms with van der Waals surface area (Å²) in [5, 5.41) is 3.97. The van der Waals surface area contributed by atoms with Crippen molar-refractivity contribution >= 4 is 0 Å². The SMILES string of the molecule is CCCC(N)c1nc(CCc2ccccc2)no1. The van der Waals surface area contributed by atoms with Crippen LogP contribution in [0.25, 0.3) is 0 Å². The third-order valence-electron chi connectivity index (χ3n) is 2.88. The maximum Gasteiger partial charge on any atom is 0.243 e. The molecule has 1 aromatic carbocycles. The Hall–Kier alpha value is -1.68. The van der Waals surface area contributed by atoms with E-state index in [0.29, 0.717) is 5.89 Å². The van der Waals surface area contributed by atoms with Crippen LogP contribution in [0.5, 0.6) is 0 Å². The van der Waals surface area contributed by atoms with Gasteiger partial charge in [-0.15, -0.1) is 0 Å². The summed E-state index contributed by atoms with van der Waals surface area (Å²) in [4.78, 5) is 4.34. The number of nitrogens with two attached hydrogens (primary N) is 1. The summed E-state index contributed by atoms with van der Waals surface area (Å²) in [6.45, 7) is 2.09. The van der Waals surface area contributed by atoms with E-state index in [2.05, 4.69) is 29.2 Å². The normalized spacial score (nSPS) is 12.6. The van der Waals surface area contributed by atoms with Gasteiger partial charge in [-0.1, -0.05) is 48.8 Å². The first-order chi connectivity index (χ1) is 8.79. The van der Waals surface area contributed by atoms with Crippen LogP contribution in [0.2, 0.25) is 0 Å². The molecule has 0 fully saturated rings. The van der Waals surface area contributed by atoms with Crippen molar-refractivity contribution in [2.75, 3.05) is 0 Å². The summed E-state index contributed by atoms with van der Waals surface area (Å²) in [5.41, 5.74) is 7.21. The Morgan fingerprint density at radius 3 is 2.72 bits per heavy atom. The fraction of sp³-hybridized carbons (Fsp3) is 0.429. The van der Waals surface area contributed by atoms with Gasteiger partial charge in [0.15, 0.2) is 5.82 Å². The average molecular weight is 245 g/mol. The molecule has 1 heterocycles. The molecule has 0 radical (unpaired) electrons. The van der Waals surface area contributed by atoms with Gasteiger partial charge >= 0.3 is 0 Å². The lowest BCUT2D eigenvalue weighted by molar-refractivity contribution is 0.344. The molecule has 2 N–H and O–H groups in total. The van der Waals surface area contributed by atoms with E-state index in [4.69, 9.17) is 10.3 Å². The van der Waals surface area contributed by atoms with Crippen LogP contribution in [0.15, 0.2) is 34.9 Å². The fourth-order valence-electron chi connectivity index (χ4n) is 1.85. The topological polar surface area (TPSA) is 64.9 Å². The minimum atomic E-state index is -0.132. The smallest absolute Gasteiger partial charge is 0.243 e. The predicted molar refractivity (Wildman–Crippen MR) is 70.0 cm³/mol. The van der Waals surface area contributed by atoms with Crippen molar-refractivity contribution in [2.24, 2.45) is 5.73 Å². The number of hydrogen-bond acceptors (Lipinski definition) is 4. The molecule has 4 nitrogen and oxygen atoms in total. The van der Waals surface area contributed by atoms with Crippen molar-refractivity contribution in [3.05, 3.63) is 47.6 Å². The highest BCUT2D eigenvalue weighted by atomic mass is 16.5. The molecule has 0 saturated heterocycles. The number of benzene rings is 1. The number of hydrogen-bond donors (Lipinski definition) is 1. The van der Waals surface area contributed by atoms with Gasteiger partial charge in [0.2, 0.25) is 5.89 Å². The molecule has 0 spiro atoms. The van der Waals surface area contributed by atoms with Crippen molar-refractivity contribution in [2.45, 2.75) is 38.6 Å². The largest absolute Gasteiger partial charge is 0.338 e. The van der Waals surface area contributed by atoms with Gasteiger partial charge in [0.25, 0.3) is 0 Å². The van der Waals surface area contributed by atoms with Crippen molar-refractivity contribution in [1.29, 1.82) is 0 Å². The molecular weight excluding hydrogens is 226 g/mol. The van der Waals surface area contributed by atoms with E-state index in [1.807, 2.05) is 18.2 Å². The maximum atomic E-state index is 5.93. The molecule has 0 aliphatic carbocycles. The van der Waals surface area contributed by atoms with Crippen LogP contribution in [0, 0.1) is 0 Å². The average Bonchev–Trinajstić information content (AvgIpc) is 2.87. The zero-order valence-corrected chi connectivity index (χ0v) is 10.7. The quantitative estimate of drug-likeness (QED) is 0.849. The molecular formula is C14H19N3O. The first-order valence-corrected chi connectivity index (χ1v) is 6.41. The molecule has 2 rings (SSSR count). The second-order valence-electron chi connectivity index (χ2n) is 4.43. The Morgan fingerprint density at radius 2 is 2.00 bits per heavy atom. The standard InChI is InChI=1S/C14H19N3O/c1-2-6-12(15)14-16-13(17-18-14)10-9-11-7-4-3-5-8-11/h3-5,7-8,12H,2,6,9-10,15H2,1H3. The van der Waals surface area contributed by atoms with Gasteiger partial charge in [-0.2, -0.15) is 4.98 Å². The zero-order chi connectivity index (χ0) is 12.8. The van der Waals surface area contributed by atoms with E-state index in [-0.39, 0.29) is 6.04 Å². The van der Waals surface area contributed by atoms with E-state index in [9.17, 15) is 0 Å². The Labute approximate surface area is 107 Å². The van der Waals surface area contributed by atoms with Crippen LogP contribution in [0.3, 0.4) is 0 Å². The molecule has 96 valence electrons. The van der Waals surface area contributed by atoms with Gasteiger partial charge in [0.05, 0.1) is 6.04 Å². The lowest BCUT2D eigenvalue weighted by atomic mass is 10.1. The number of aryl methyl sites for hydroxylation is 2. The Morgan fingerprint density at radius 1 is 1.22 bits per heavy atom. The highest BCUT2D eigenvalue weighted by Crippen LogP contribution is 2.14. The van der Waals surface area contributed by atoms with E-state index in [1.165, 1.54) is 5.56 Å². The van der Waals surface area contributed by atoms with Gasteiger partial charge in [0, 0.05) is 6.42 Å². The maximum absolute atomic E-state index is 5.93. The van der Waals surface area contributed by atoms with E-state index >= 15 is 0 Å². The summed E-state index contributed by atoms with van der Waals surface area (Å²) in [6.07, 6.45) is 3.60. The molecule has 1 atom stereocenters. The molecule has 0 bridgehead atoms. The Bertz CT molecular complexity index is 467. The molecule has 2 aromatic rings. The molecule has 0 amide bonds. The van der Waals surface area contributed by atoms with E-state index in [0.717, 1.165) is 31.5 Å². The van der Waals surface area contributed by atoms with Crippen molar-refractivity contribution < 1.29 is 4.52 Å². The summed E-state index contributed by atoms with van der Waals surface area (Å²) in [5.74, 6) is 1.29. The first kappa shape index (κ1) is 12.8. The summed E-state index contributed by atoms with van der Waals surface area (Å²) in [6, 6.07) is 10.2. The number of rotatable bonds is 6. The van der Waals surface area contributed by atoms with Crippen LogP contribution in [0.4, 0.5) is 0 Å². The van der Waals surface area contributed by atoms with Gasteiger partial charge < -0.3 is 10.3 Å². The van der Waals surface area contributed by atoms with Crippen LogP contribution in [-0.4, -0.2) is 10.1 Å². The lowest BCUT2D eigenvalue weighted by Crippen LogP contribution is -2.10. The Balaban J connectivity index is 1.91. The first-order valence-electron chi connectivity index (χ1n) is 6.41. The number of nitrogens with zero attached hydrogens (tertiary/aromatic N) is 2. The molecule has 0 aliphatic rings. The third-order valence-corrected chi connectivity index (χ3v) is 2.88. The number of aromatic nitrogens is 2. The van der Waals surface area contributed by atoms with E-state index in [1.54, 1.807) is 0 Å². The zero-order valence-electron chi connectivity index (χ0n) is 10.7. The second kappa shape index (κ2) is 6.31. The van der Waals surface area contributed by atoms with E-state index < -0.39 is 0 Å². The molecule has 1 unspecified atom stereocenters. The second-order valence-corrected chi connectivity index (χ2v) is 4.43. The molecule has 4 heteroatoms. The Kier molecular flexibility index (Phi) is 4.47. The van der Waals surface area contributed by atoms with Crippen LogP contribution in [0.1, 0.15) is 43.1 Å². The van der Waals surface area contributed by atoms with Gasteiger partial charge in [-0.3, -0.25) is 0 Å². The lowest BCUT2D eigenvalue weighted by Gasteiger charge is -2.02. The highest BCUT2D eigenvalue weighted by Gasteiger charge is 2.13. The van der Waals surface area contributed by atoms with Crippen LogP contribution in [-0.2, 0) is 12.8 Å². The third kappa shape index (κ3) is 3.40. The summed E-state index contributed by atoms with van der Waals surface area (Å²) >= 11 is 0. The summed E-state index contributed by atoms with van der Waals surface area (Å²) in [7, 11) is 0. The fourth-order valence-corrected chi connectivity index (χ4v) is 1.85. The monoisotopic (exact) mass is 245 g/mol. The molecule has 1 aromatic heterocycles. The van der Waals surface area contributed by atoms with Gasteiger partial charge in [-0.25, -0.2) is 0 Å². The molecule has 0 aliphatic heterocycles.